The van der Waals surface area contributed by atoms with E-state index in [0.29, 0.717) is 6.54 Å². The molecule has 0 saturated carbocycles. The zero-order chi connectivity index (χ0) is 14.6. The molecule has 0 aromatic heterocycles. The fraction of sp³-hybridized carbons (Fsp3) is 0.333. The van der Waals surface area contributed by atoms with E-state index < -0.39 is 12.1 Å². The first-order valence-electron chi connectivity index (χ1n) is 5.60. The molecule has 7 heteroatoms. The summed E-state index contributed by atoms with van der Waals surface area (Å²) in [5.41, 5.74) is 5.89. The lowest BCUT2D eigenvalue weighted by Crippen LogP contribution is -2.35. The molecule has 0 aliphatic rings. The Morgan fingerprint density at radius 2 is 2.05 bits per heavy atom. The van der Waals surface area contributed by atoms with Gasteiger partial charge in [-0.05, 0) is 26.0 Å². The summed E-state index contributed by atoms with van der Waals surface area (Å²) in [7, 11) is 0. The molecule has 0 saturated heterocycles. The van der Waals surface area contributed by atoms with Crippen molar-refractivity contribution in [2.24, 2.45) is 0 Å². The second-order valence-electron chi connectivity index (χ2n) is 3.81. The largest absolute Gasteiger partial charge is 0.449 e. The monoisotopic (exact) mass is 304 g/mol. The van der Waals surface area contributed by atoms with E-state index in [1.165, 1.54) is 19.1 Å². The number of nitrogens with two attached hydrogens (primary N) is 1. The molecule has 3 N–H and O–H groups in total. The van der Waals surface area contributed by atoms with E-state index in [4.69, 9.17) is 33.7 Å². The van der Waals surface area contributed by atoms with Crippen LogP contribution in [0.3, 0.4) is 0 Å². The fourth-order valence-electron chi connectivity index (χ4n) is 1.35. The van der Waals surface area contributed by atoms with E-state index in [-0.39, 0.29) is 27.2 Å². The Kier molecular flexibility index (Phi) is 5.44. The van der Waals surface area contributed by atoms with Crippen LogP contribution in [0.1, 0.15) is 24.2 Å². The number of halogens is 2. The van der Waals surface area contributed by atoms with Gasteiger partial charge in [0, 0.05) is 12.2 Å². The van der Waals surface area contributed by atoms with Crippen molar-refractivity contribution in [2.75, 3.05) is 12.3 Å². The number of hydrogen-bond donors (Lipinski definition) is 2. The number of nitrogen functional groups attached to an aromatic ring is 1. The quantitative estimate of drug-likeness (QED) is 0.660. The SMILES string of the molecule is CCNC(=O)C(C)OC(=O)c1cc(N)cc(Cl)c1Cl. The predicted molar refractivity (Wildman–Crippen MR) is 74.4 cm³/mol. The highest BCUT2D eigenvalue weighted by Gasteiger charge is 2.21. The first-order chi connectivity index (χ1) is 8.86. The number of carbonyl (C=O) groups excluding carboxylic acids is 2. The second kappa shape index (κ2) is 6.63. The number of ether oxygens (including phenoxy) is 1. The van der Waals surface area contributed by atoms with Crippen molar-refractivity contribution in [1.29, 1.82) is 0 Å². The Morgan fingerprint density at radius 1 is 1.42 bits per heavy atom. The summed E-state index contributed by atoms with van der Waals surface area (Å²) in [5, 5.41) is 2.74. The summed E-state index contributed by atoms with van der Waals surface area (Å²) in [6, 6.07) is 2.77. The lowest BCUT2D eigenvalue weighted by Gasteiger charge is -2.13. The molecule has 0 aliphatic carbocycles. The number of rotatable bonds is 4. The molecule has 1 aromatic rings. The van der Waals surface area contributed by atoms with Crippen LogP contribution in [-0.2, 0) is 9.53 Å². The third kappa shape index (κ3) is 4.01. The van der Waals surface area contributed by atoms with Crippen molar-refractivity contribution in [3.8, 4) is 0 Å². The van der Waals surface area contributed by atoms with E-state index in [0.717, 1.165) is 0 Å². The summed E-state index contributed by atoms with van der Waals surface area (Å²) in [6.45, 7) is 3.68. The summed E-state index contributed by atoms with van der Waals surface area (Å²) < 4.78 is 4.99. The van der Waals surface area contributed by atoms with Crippen LogP contribution in [0.4, 0.5) is 5.69 Å². The van der Waals surface area contributed by atoms with E-state index in [2.05, 4.69) is 5.32 Å². The maximum atomic E-state index is 11.9. The molecule has 0 bridgehead atoms. The zero-order valence-corrected chi connectivity index (χ0v) is 12.0. The standard InChI is InChI=1S/C12H14Cl2N2O3/c1-3-16-11(17)6(2)19-12(18)8-4-7(15)5-9(13)10(8)14/h4-6H,3,15H2,1-2H3,(H,16,17). The van der Waals surface area contributed by atoms with Gasteiger partial charge in [-0.2, -0.15) is 0 Å². The third-order valence-electron chi connectivity index (χ3n) is 2.27. The first-order valence-corrected chi connectivity index (χ1v) is 6.35. The van der Waals surface area contributed by atoms with Crippen LogP contribution in [0.2, 0.25) is 10.0 Å². The maximum Gasteiger partial charge on any atom is 0.340 e. The highest BCUT2D eigenvalue weighted by atomic mass is 35.5. The first kappa shape index (κ1) is 15.6. The third-order valence-corrected chi connectivity index (χ3v) is 3.08. The number of nitrogens with one attached hydrogen (secondary N) is 1. The molecule has 0 spiro atoms. The molecule has 0 aliphatic heterocycles. The molecule has 5 nitrogen and oxygen atoms in total. The molecule has 1 unspecified atom stereocenters. The Balaban J connectivity index is 2.87. The Hall–Kier alpha value is -1.46. The molecule has 0 radical (unpaired) electrons. The van der Waals surface area contributed by atoms with Gasteiger partial charge >= 0.3 is 5.97 Å². The van der Waals surface area contributed by atoms with Gasteiger partial charge in [0.15, 0.2) is 6.10 Å². The molecule has 1 rings (SSSR count). The van der Waals surface area contributed by atoms with Gasteiger partial charge in [0.05, 0.1) is 15.6 Å². The van der Waals surface area contributed by atoms with E-state index in [1.807, 2.05) is 0 Å². The maximum absolute atomic E-state index is 11.9. The number of carbonyl (C=O) groups is 2. The van der Waals surface area contributed by atoms with E-state index in [1.54, 1.807) is 6.92 Å². The molecule has 104 valence electrons. The van der Waals surface area contributed by atoms with Crippen molar-refractivity contribution < 1.29 is 14.3 Å². The van der Waals surface area contributed by atoms with Gasteiger partial charge in [0.1, 0.15) is 0 Å². The lowest BCUT2D eigenvalue weighted by molar-refractivity contribution is -0.128. The van der Waals surface area contributed by atoms with Crippen molar-refractivity contribution in [1.82, 2.24) is 5.32 Å². The van der Waals surface area contributed by atoms with Crippen molar-refractivity contribution in [2.45, 2.75) is 20.0 Å². The average molecular weight is 305 g/mol. The normalized spacial score (nSPS) is 11.8. The van der Waals surface area contributed by atoms with E-state index >= 15 is 0 Å². The number of anilines is 1. The Labute approximate surface area is 121 Å². The number of hydrogen-bond acceptors (Lipinski definition) is 4. The van der Waals surface area contributed by atoms with Crippen molar-refractivity contribution >= 4 is 40.8 Å². The number of benzene rings is 1. The van der Waals surface area contributed by atoms with Crippen LogP contribution in [0, 0.1) is 0 Å². The summed E-state index contributed by atoms with van der Waals surface area (Å²) in [6.07, 6.45) is -0.927. The summed E-state index contributed by atoms with van der Waals surface area (Å²) >= 11 is 11.7. The molecular formula is C12H14Cl2N2O3. The van der Waals surface area contributed by atoms with Crippen molar-refractivity contribution in [3.63, 3.8) is 0 Å². The topological polar surface area (TPSA) is 81.4 Å². The fourth-order valence-corrected chi connectivity index (χ4v) is 1.77. The molecule has 19 heavy (non-hydrogen) atoms. The smallest absolute Gasteiger partial charge is 0.340 e. The summed E-state index contributed by atoms with van der Waals surface area (Å²) in [4.78, 5) is 23.3. The average Bonchev–Trinajstić information content (AvgIpc) is 2.33. The zero-order valence-electron chi connectivity index (χ0n) is 10.5. The second-order valence-corrected chi connectivity index (χ2v) is 4.59. The molecular weight excluding hydrogens is 291 g/mol. The van der Waals surface area contributed by atoms with Gasteiger partial charge in [-0.15, -0.1) is 0 Å². The van der Waals surface area contributed by atoms with E-state index in [9.17, 15) is 9.59 Å². The number of likely N-dealkylation sites (N-methyl/N-ethyl adjacent to an activating group) is 1. The Bertz CT molecular complexity index is 506. The van der Waals surface area contributed by atoms with Gasteiger partial charge in [-0.1, -0.05) is 23.2 Å². The van der Waals surface area contributed by atoms with Crippen LogP contribution >= 0.6 is 23.2 Å². The molecule has 0 fully saturated rings. The highest BCUT2D eigenvalue weighted by Crippen LogP contribution is 2.29. The van der Waals surface area contributed by atoms with Gasteiger partial charge in [-0.3, -0.25) is 4.79 Å². The van der Waals surface area contributed by atoms with Gasteiger partial charge in [0.25, 0.3) is 5.91 Å². The van der Waals surface area contributed by atoms with Crippen molar-refractivity contribution in [3.05, 3.63) is 27.7 Å². The minimum Gasteiger partial charge on any atom is -0.449 e. The minimum absolute atomic E-state index is 0.0304. The van der Waals surface area contributed by atoms with Gasteiger partial charge in [-0.25, -0.2) is 4.79 Å². The van der Waals surface area contributed by atoms with Crippen LogP contribution in [0.5, 0.6) is 0 Å². The minimum atomic E-state index is -0.927. The number of amides is 1. The molecule has 1 aromatic carbocycles. The predicted octanol–water partition coefficient (Wildman–Crippen LogP) is 2.26. The Morgan fingerprint density at radius 3 is 2.63 bits per heavy atom. The summed E-state index contributed by atoms with van der Waals surface area (Å²) in [5.74, 6) is -1.14. The molecule has 1 amide bonds. The van der Waals surface area contributed by atoms with Gasteiger partial charge in [0.2, 0.25) is 0 Å². The van der Waals surface area contributed by atoms with Crippen LogP contribution in [-0.4, -0.2) is 24.5 Å². The highest BCUT2D eigenvalue weighted by molar-refractivity contribution is 6.44. The van der Waals surface area contributed by atoms with Gasteiger partial charge < -0.3 is 15.8 Å². The molecule has 0 heterocycles. The lowest BCUT2D eigenvalue weighted by atomic mass is 10.2. The van der Waals surface area contributed by atoms with Crippen LogP contribution in [0.25, 0.3) is 0 Å². The number of esters is 1. The molecule has 1 atom stereocenters. The van der Waals surface area contributed by atoms with Crippen LogP contribution < -0.4 is 11.1 Å². The van der Waals surface area contributed by atoms with Crippen LogP contribution in [0.15, 0.2) is 12.1 Å².